The second kappa shape index (κ2) is 7.06. The molecule has 0 bridgehead atoms. The Morgan fingerprint density at radius 1 is 1.46 bits per heavy atom. The maximum atomic E-state index is 12.7. The molecule has 0 aliphatic carbocycles. The second-order valence-corrected chi connectivity index (χ2v) is 9.17. The van der Waals surface area contributed by atoms with E-state index < -0.39 is 20.5 Å². The number of aromatic nitrogens is 1. The number of ether oxygens (including phenoxy) is 1. The molecular weight excluding hydrogens is 332 g/mol. The Morgan fingerprint density at radius 3 is 2.71 bits per heavy atom. The summed E-state index contributed by atoms with van der Waals surface area (Å²) in [5, 5.41) is 6.20. The topological polar surface area (TPSA) is 98.5 Å². The van der Waals surface area contributed by atoms with Crippen molar-refractivity contribution in [2.75, 3.05) is 17.7 Å². The van der Waals surface area contributed by atoms with Crippen LogP contribution in [0.1, 0.15) is 45.8 Å². The van der Waals surface area contributed by atoms with E-state index in [4.69, 9.17) is 9.26 Å². The van der Waals surface area contributed by atoms with Gasteiger partial charge >= 0.3 is 0 Å². The minimum atomic E-state index is -3.70. The van der Waals surface area contributed by atoms with E-state index in [1.54, 1.807) is 6.92 Å². The Morgan fingerprint density at radius 2 is 2.17 bits per heavy atom. The highest BCUT2D eigenvalue weighted by Gasteiger charge is 2.43. The fourth-order valence-corrected chi connectivity index (χ4v) is 3.84. The number of allylic oxidation sites excluding steroid dienone is 1. The number of sulfone groups is 1. The summed E-state index contributed by atoms with van der Waals surface area (Å²) in [6.07, 6.45) is 2.23. The summed E-state index contributed by atoms with van der Waals surface area (Å²) in [7, 11) is -3.70. The van der Waals surface area contributed by atoms with E-state index in [9.17, 15) is 13.2 Å². The quantitative estimate of drug-likeness (QED) is 0.840. The molecule has 1 aromatic rings. The molecule has 1 aliphatic rings. The van der Waals surface area contributed by atoms with Crippen molar-refractivity contribution < 1.29 is 22.5 Å². The van der Waals surface area contributed by atoms with Crippen LogP contribution >= 0.6 is 0 Å². The Balaban J connectivity index is 2.08. The zero-order chi connectivity index (χ0) is 18.0. The van der Waals surface area contributed by atoms with Gasteiger partial charge in [0.25, 0.3) is 0 Å². The predicted molar refractivity (Wildman–Crippen MR) is 91.3 cm³/mol. The van der Waals surface area contributed by atoms with Crippen molar-refractivity contribution in [3.05, 3.63) is 18.4 Å². The summed E-state index contributed by atoms with van der Waals surface area (Å²) >= 11 is 0. The average molecular weight is 356 g/mol. The maximum Gasteiger partial charge on any atom is 0.246 e. The molecule has 1 unspecified atom stereocenters. The maximum absolute atomic E-state index is 12.7. The molecule has 2 heterocycles. The molecule has 8 heteroatoms. The van der Waals surface area contributed by atoms with Crippen LogP contribution in [0.25, 0.3) is 5.57 Å². The highest BCUT2D eigenvalue weighted by atomic mass is 32.2. The molecule has 1 aromatic heterocycles. The normalized spacial score (nSPS) is 19.0. The number of hydrogen-bond donors (Lipinski definition) is 1. The summed E-state index contributed by atoms with van der Waals surface area (Å²) in [5.41, 5.74) is 0.657. The third-order valence-corrected chi connectivity index (χ3v) is 6.73. The molecule has 1 amide bonds. The third kappa shape index (κ3) is 4.05. The largest absolute Gasteiger partial charge is 0.377 e. The number of carbonyl (C=O) groups is 1. The van der Waals surface area contributed by atoms with Gasteiger partial charge in [0.1, 0.15) is 4.75 Å². The van der Waals surface area contributed by atoms with Gasteiger partial charge < -0.3 is 14.6 Å². The smallest absolute Gasteiger partial charge is 0.246 e. The van der Waals surface area contributed by atoms with E-state index >= 15 is 0 Å². The first kappa shape index (κ1) is 18.7. The molecule has 1 saturated heterocycles. The lowest BCUT2D eigenvalue weighted by atomic mass is 10.1. The van der Waals surface area contributed by atoms with Crippen LogP contribution in [-0.2, 0) is 19.4 Å². The summed E-state index contributed by atoms with van der Waals surface area (Å²) in [6, 6.07) is 1.51. The summed E-state index contributed by atoms with van der Waals surface area (Å²) in [6.45, 7) is 8.80. The monoisotopic (exact) mass is 356 g/mol. The molecule has 24 heavy (non-hydrogen) atoms. The van der Waals surface area contributed by atoms with Gasteiger partial charge in [0, 0.05) is 12.7 Å². The first-order valence-corrected chi connectivity index (χ1v) is 9.56. The van der Waals surface area contributed by atoms with Gasteiger partial charge in [0.15, 0.2) is 21.4 Å². The summed E-state index contributed by atoms with van der Waals surface area (Å²) in [5.74, 6) is -0.222. The number of nitrogens with zero attached hydrogens (tertiary/aromatic N) is 1. The minimum absolute atomic E-state index is 0.162. The van der Waals surface area contributed by atoms with Gasteiger partial charge in [-0.15, -0.1) is 0 Å². The van der Waals surface area contributed by atoms with E-state index in [1.165, 1.54) is 19.9 Å². The van der Waals surface area contributed by atoms with Crippen molar-refractivity contribution in [1.82, 2.24) is 5.16 Å². The Bertz CT molecular complexity index is 715. The Kier molecular flexibility index (Phi) is 5.49. The SMILES string of the molecule is C=C(C)c1cc(NC(=O)C(C)(C)S(=O)(=O)CC2CCCCO2)no1. The number of rotatable bonds is 6. The van der Waals surface area contributed by atoms with Gasteiger partial charge in [-0.2, -0.15) is 0 Å². The second-order valence-electron chi connectivity index (χ2n) is 6.59. The van der Waals surface area contributed by atoms with Crippen molar-refractivity contribution in [2.45, 2.75) is 50.9 Å². The molecule has 0 spiro atoms. The molecule has 0 aromatic carbocycles. The predicted octanol–water partition coefficient (Wildman–Crippen LogP) is 2.41. The highest BCUT2D eigenvalue weighted by Crippen LogP contribution is 2.25. The van der Waals surface area contributed by atoms with Crippen molar-refractivity contribution in [3.63, 3.8) is 0 Å². The molecule has 134 valence electrons. The Hall–Kier alpha value is -1.67. The van der Waals surface area contributed by atoms with Crippen LogP contribution in [0.5, 0.6) is 0 Å². The lowest BCUT2D eigenvalue weighted by Crippen LogP contribution is -2.48. The molecule has 7 nitrogen and oxygen atoms in total. The van der Waals surface area contributed by atoms with Crippen LogP contribution < -0.4 is 5.32 Å². The van der Waals surface area contributed by atoms with E-state index in [0.29, 0.717) is 24.4 Å². The molecule has 0 saturated carbocycles. The van der Waals surface area contributed by atoms with Crippen molar-refractivity contribution in [1.29, 1.82) is 0 Å². The minimum Gasteiger partial charge on any atom is -0.377 e. The Labute approximate surface area is 142 Å². The van der Waals surface area contributed by atoms with Crippen molar-refractivity contribution >= 4 is 27.1 Å². The van der Waals surface area contributed by atoms with Gasteiger partial charge in [0.05, 0.1) is 11.9 Å². The number of hydrogen-bond acceptors (Lipinski definition) is 6. The lowest BCUT2D eigenvalue weighted by molar-refractivity contribution is -0.117. The lowest BCUT2D eigenvalue weighted by Gasteiger charge is -2.28. The molecule has 1 N–H and O–H groups in total. The molecule has 1 fully saturated rings. The third-order valence-electron chi connectivity index (χ3n) is 4.18. The van der Waals surface area contributed by atoms with Gasteiger partial charge in [-0.25, -0.2) is 8.42 Å². The molecular formula is C16H24N2O5S. The van der Waals surface area contributed by atoms with E-state index in [1.807, 2.05) is 0 Å². The number of amides is 1. The van der Waals surface area contributed by atoms with Crippen LogP contribution in [0, 0.1) is 0 Å². The zero-order valence-corrected chi connectivity index (χ0v) is 15.1. The average Bonchev–Trinajstić information content (AvgIpc) is 2.96. The molecule has 0 radical (unpaired) electrons. The first-order chi connectivity index (χ1) is 11.1. The van der Waals surface area contributed by atoms with Gasteiger partial charge in [-0.05, 0) is 45.6 Å². The number of anilines is 1. The van der Waals surface area contributed by atoms with Crippen molar-refractivity contribution in [3.8, 4) is 0 Å². The summed E-state index contributed by atoms with van der Waals surface area (Å²) in [4.78, 5) is 12.5. The number of carbonyl (C=O) groups excluding carboxylic acids is 1. The molecule has 1 aliphatic heterocycles. The standard InChI is InChI=1S/C16H24N2O5S/c1-11(2)13-9-14(18-23-13)17-15(19)16(3,4)24(20,21)10-12-7-5-6-8-22-12/h9,12H,1,5-8,10H2,2-4H3,(H,17,18,19). The fraction of sp³-hybridized carbons (Fsp3) is 0.625. The first-order valence-electron chi connectivity index (χ1n) is 7.91. The number of nitrogens with one attached hydrogen (secondary N) is 1. The van der Waals surface area contributed by atoms with Crippen LogP contribution in [-0.4, -0.2) is 42.7 Å². The van der Waals surface area contributed by atoms with Gasteiger partial charge in [-0.3, -0.25) is 4.79 Å². The zero-order valence-electron chi connectivity index (χ0n) is 14.3. The van der Waals surface area contributed by atoms with E-state index in [-0.39, 0.29) is 17.7 Å². The summed E-state index contributed by atoms with van der Waals surface area (Å²) < 4.78 is 34.2. The van der Waals surface area contributed by atoms with Gasteiger partial charge in [-0.1, -0.05) is 11.7 Å². The van der Waals surface area contributed by atoms with Gasteiger partial charge in [0.2, 0.25) is 5.91 Å². The fourth-order valence-electron chi connectivity index (χ4n) is 2.34. The van der Waals surface area contributed by atoms with Crippen LogP contribution in [0.3, 0.4) is 0 Å². The highest BCUT2D eigenvalue weighted by molar-refractivity contribution is 7.93. The van der Waals surface area contributed by atoms with Crippen molar-refractivity contribution in [2.24, 2.45) is 0 Å². The molecule has 1 atom stereocenters. The van der Waals surface area contributed by atoms with Crippen LogP contribution in [0.2, 0.25) is 0 Å². The van der Waals surface area contributed by atoms with Crippen LogP contribution in [0.15, 0.2) is 17.2 Å². The molecule has 2 rings (SSSR count). The van der Waals surface area contributed by atoms with E-state index in [2.05, 4.69) is 17.1 Å². The van der Waals surface area contributed by atoms with E-state index in [0.717, 1.165) is 12.8 Å². The van der Waals surface area contributed by atoms with Crippen LogP contribution in [0.4, 0.5) is 5.82 Å².